The molecule has 0 saturated heterocycles. The Morgan fingerprint density at radius 3 is 2.69 bits per heavy atom. The van der Waals surface area contributed by atoms with Crippen molar-refractivity contribution in [3.63, 3.8) is 0 Å². The van der Waals surface area contributed by atoms with Gasteiger partial charge in [0.05, 0.1) is 22.8 Å². The summed E-state index contributed by atoms with van der Waals surface area (Å²) in [6.45, 7) is 3.49. The third-order valence-corrected chi connectivity index (χ3v) is 4.35. The van der Waals surface area contributed by atoms with E-state index in [1.165, 1.54) is 24.4 Å². The van der Waals surface area contributed by atoms with Gasteiger partial charge in [-0.15, -0.1) is 0 Å². The normalized spacial score (nSPS) is 11.0. The van der Waals surface area contributed by atoms with Crippen LogP contribution in [0.15, 0.2) is 64.1 Å². The van der Waals surface area contributed by atoms with E-state index in [9.17, 15) is 19.7 Å². The van der Waals surface area contributed by atoms with Crippen molar-refractivity contribution >= 4 is 35.4 Å². The topological polar surface area (TPSA) is 124 Å². The molecular weight excluding hydrogens is 438 g/mol. The van der Waals surface area contributed by atoms with E-state index in [0.29, 0.717) is 27.7 Å². The Morgan fingerprint density at radius 2 is 1.97 bits per heavy atom. The number of hydrogen-bond acceptors (Lipinski definition) is 7. The lowest BCUT2D eigenvalue weighted by Crippen LogP contribution is -2.17. The lowest BCUT2D eigenvalue weighted by Gasteiger charge is -2.11. The van der Waals surface area contributed by atoms with Gasteiger partial charge in [-0.1, -0.05) is 17.7 Å². The summed E-state index contributed by atoms with van der Waals surface area (Å²) < 4.78 is 11.0. The highest BCUT2D eigenvalue weighted by molar-refractivity contribution is 6.31. The average Bonchev–Trinajstić information content (AvgIpc) is 3.22. The number of esters is 1. The molecule has 0 saturated carbocycles. The first-order chi connectivity index (χ1) is 15.2. The molecule has 0 aliphatic heterocycles. The van der Waals surface area contributed by atoms with Gasteiger partial charge in [-0.05, 0) is 50.2 Å². The molecule has 3 rings (SSSR count). The Bertz CT molecular complexity index is 1200. The number of nitrogens with zero attached hydrogens (tertiary/aromatic N) is 2. The number of amides is 1. The molecule has 9 nitrogen and oxygen atoms in total. The van der Waals surface area contributed by atoms with Crippen molar-refractivity contribution in [2.24, 2.45) is 5.10 Å². The van der Waals surface area contributed by atoms with E-state index < -0.39 is 16.8 Å². The number of carbonyl (C=O) groups excluding carboxylic acids is 2. The van der Waals surface area contributed by atoms with E-state index >= 15 is 0 Å². The quantitative estimate of drug-likeness (QED) is 0.235. The van der Waals surface area contributed by atoms with Crippen LogP contribution in [0.5, 0.6) is 0 Å². The molecule has 32 heavy (non-hydrogen) atoms. The first-order valence-electron chi connectivity index (χ1n) is 9.43. The van der Waals surface area contributed by atoms with Crippen LogP contribution >= 0.6 is 11.6 Å². The maximum absolute atomic E-state index is 12.4. The minimum Gasteiger partial charge on any atom is -0.459 e. The molecule has 0 radical (unpaired) electrons. The second kappa shape index (κ2) is 9.88. The summed E-state index contributed by atoms with van der Waals surface area (Å²) in [6.07, 6.45) is 0.968. The summed E-state index contributed by atoms with van der Waals surface area (Å²) >= 11 is 6.08. The molecule has 164 valence electrons. The second-order valence-electron chi connectivity index (χ2n) is 6.85. The number of nitro groups is 1. The number of halogens is 1. The Balaban J connectivity index is 1.75. The average molecular weight is 456 g/mol. The van der Waals surface area contributed by atoms with Gasteiger partial charge in [0.25, 0.3) is 11.6 Å². The van der Waals surface area contributed by atoms with Crippen molar-refractivity contribution < 1.29 is 23.7 Å². The van der Waals surface area contributed by atoms with Gasteiger partial charge in [-0.3, -0.25) is 14.9 Å². The molecule has 1 heterocycles. The van der Waals surface area contributed by atoms with Crippen LogP contribution in [0.25, 0.3) is 11.3 Å². The summed E-state index contributed by atoms with van der Waals surface area (Å²) in [6, 6.07) is 13.2. The predicted octanol–water partition coefficient (Wildman–Crippen LogP) is 4.84. The standard InChI is InChI=1S/C22H18ClN3O6/c1-13(2)31-22(28)18-8-6-15(23)11-19(18)20-9-7-17(32-20)12-24-25-21(27)14-4-3-5-16(10-14)26(29)30/h3-13H,1-2H3,(H,25,27)/b24-12-. The van der Waals surface area contributed by atoms with Gasteiger partial charge in [0.15, 0.2) is 0 Å². The Kier molecular flexibility index (Phi) is 7.01. The fourth-order valence-electron chi connectivity index (χ4n) is 2.72. The summed E-state index contributed by atoms with van der Waals surface area (Å²) in [7, 11) is 0. The van der Waals surface area contributed by atoms with Crippen LogP contribution in [0.4, 0.5) is 5.69 Å². The fraction of sp³-hybridized carbons (Fsp3) is 0.136. The molecule has 1 N–H and O–H groups in total. The molecule has 0 atom stereocenters. The highest BCUT2D eigenvalue weighted by atomic mass is 35.5. The number of non-ortho nitro benzene ring substituents is 1. The number of hydrogen-bond donors (Lipinski definition) is 1. The maximum Gasteiger partial charge on any atom is 0.339 e. The molecule has 10 heteroatoms. The zero-order chi connectivity index (χ0) is 23.3. The lowest BCUT2D eigenvalue weighted by atomic mass is 10.1. The molecule has 2 aromatic carbocycles. The van der Waals surface area contributed by atoms with E-state index in [4.69, 9.17) is 20.8 Å². The van der Waals surface area contributed by atoms with Crippen molar-refractivity contribution in [1.82, 2.24) is 5.43 Å². The van der Waals surface area contributed by atoms with E-state index in [2.05, 4.69) is 10.5 Å². The fourth-order valence-corrected chi connectivity index (χ4v) is 2.89. The molecular formula is C22H18ClN3O6. The molecule has 3 aromatic rings. The van der Waals surface area contributed by atoms with Gasteiger partial charge >= 0.3 is 5.97 Å². The number of rotatable bonds is 7. The zero-order valence-corrected chi connectivity index (χ0v) is 17.8. The number of nitrogens with one attached hydrogen (secondary N) is 1. The predicted molar refractivity (Wildman–Crippen MR) is 118 cm³/mol. The number of furan rings is 1. The first-order valence-corrected chi connectivity index (χ1v) is 9.81. The molecule has 0 aliphatic rings. The van der Waals surface area contributed by atoms with Gasteiger partial charge in [-0.25, -0.2) is 10.2 Å². The van der Waals surface area contributed by atoms with Crippen LogP contribution in [0.1, 0.15) is 40.3 Å². The van der Waals surface area contributed by atoms with Crippen molar-refractivity contribution in [1.29, 1.82) is 0 Å². The monoisotopic (exact) mass is 455 g/mol. The molecule has 0 bridgehead atoms. The van der Waals surface area contributed by atoms with Crippen LogP contribution < -0.4 is 5.43 Å². The van der Waals surface area contributed by atoms with Crippen LogP contribution in [0, 0.1) is 10.1 Å². The molecule has 0 spiro atoms. The number of ether oxygens (including phenoxy) is 1. The largest absolute Gasteiger partial charge is 0.459 e. The van der Waals surface area contributed by atoms with Crippen LogP contribution in [-0.2, 0) is 4.74 Å². The Hall–Kier alpha value is -3.98. The minimum absolute atomic E-state index is 0.0868. The lowest BCUT2D eigenvalue weighted by molar-refractivity contribution is -0.384. The van der Waals surface area contributed by atoms with Crippen molar-refractivity contribution in [2.75, 3.05) is 0 Å². The van der Waals surface area contributed by atoms with Crippen LogP contribution in [0.2, 0.25) is 5.02 Å². The SMILES string of the molecule is CC(C)OC(=O)c1ccc(Cl)cc1-c1ccc(/C=N\NC(=O)c2cccc([N+](=O)[O-])c2)o1. The van der Waals surface area contributed by atoms with Crippen LogP contribution in [0.3, 0.4) is 0 Å². The molecule has 0 fully saturated rings. The van der Waals surface area contributed by atoms with Crippen molar-refractivity contribution in [3.05, 3.63) is 86.6 Å². The first kappa shape index (κ1) is 22.7. The maximum atomic E-state index is 12.4. The molecule has 1 aromatic heterocycles. The minimum atomic E-state index is -0.620. The Morgan fingerprint density at radius 1 is 1.19 bits per heavy atom. The summed E-state index contributed by atoms with van der Waals surface area (Å²) in [4.78, 5) is 34.8. The number of carbonyl (C=O) groups is 2. The van der Waals surface area contributed by atoms with E-state index in [1.807, 2.05) is 0 Å². The third kappa shape index (κ3) is 5.58. The number of benzene rings is 2. The van der Waals surface area contributed by atoms with Gasteiger partial charge in [0, 0.05) is 28.3 Å². The smallest absolute Gasteiger partial charge is 0.339 e. The van der Waals surface area contributed by atoms with Crippen molar-refractivity contribution in [3.8, 4) is 11.3 Å². The molecule has 0 unspecified atom stereocenters. The van der Waals surface area contributed by atoms with Crippen molar-refractivity contribution in [2.45, 2.75) is 20.0 Å². The highest BCUT2D eigenvalue weighted by Crippen LogP contribution is 2.29. The summed E-state index contributed by atoms with van der Waals surface area (Å²) in [5, 5.41) is 15.1. The third-order valence-electron chi connectivity index (χ3n) is 4.11. The zero-order valence-electron chi connectivity index (χ0n) is 17.1. The Labute approximate surface area is 187 Å². The molecule has 1 amide bonds. The highest BCUT2D eigenvalue weighted by Gasteiger charge is 2.18. The van der Waals surface area contributed by atoms with Gasteiger partial charge in [0.1, 0.15) is 11.5 Å². The number of hydrazone groups is 1. The number of nitro benzene ring substituents is 1. The van der Waals surface area contributed by atoms with Gasteiger partial charge in [-0.2, -0.15) is 5.10 Å². The van der Waals surface area contributed by atoms with E-state index in [0.717, 1.165) is 6.07 Å². The summed E-state index contributed by atoms with van der Waals surface area (Å²) in [5.74, 6) is -0.482. The van der Waals surface area contributed by atoms with Crippen LogP contribution in [-0.4, -0.2) is 29.1 Å². The van der Waals surface area contributed by atoms with E-state index in [-0.39, 0.29) is 17.4 Å². The van der Waals surface area contributed by atoms with Gasteiger partial charge < -0.3 is 9.15 Å². The van der Waals surface area contributed by atoms with E-state index in [1.54, 1.807) is 44.2 Å². The second-order valence-corrected chi connectivity index (χ2v) is 7.29. The summed E-state index contributed by atoms with van der Waals surface area (Å²) in [5.41, 5.74) is 2.90. The molecule has 0 aliphatic carbocycles. The van der Waals surface area contributed by atoms with Gasteiger partial charge in [0.2, 0.25) is 0 Å².